The molecule has 1 fully saturated rings. The van der Waals surface area contributed by atoms with Crippen LogP contribution in [-0.2, 0) is 16.1 Å². The van der Waals surface area contributed by atoms with Crippen LogP contribution in [0.2, 0.25) is 0 Å². The molecule has 1 aliphatic rings. The first-order valence-electron chi connectivity index (χ1n) is 9.48. The first-order chi connectivity index (χ1) is 12.4. The topological polar surface area (TPSA) is 79.5 Å². The van der Waals surface area contributed by atoms with Gasteiger partial charge in [0.25, 0.3) is 5.91 Å². The molecule has 3 atom stereocenters. The number of ether oxygens (including phenoxy) is 1. The van der Waals surface area contributed by atoms with Crippen molar-refractivity contribution in [3.8, 4) is 0 Å². The van der Waals surface area contributed by atoms with Crippen molar-refractivity contribution in [1.29, 1.82) is 0 Å². The third-order valence-electron chi connectivity index (χ3n) is 5.22. The maximum absolute atomic E-state index is 12.4. The first-order valence-corrected chi connectivity index (χ1v) is 9.48. The zero-order chi connectivity index (χ0) is 19.1. The summed E-state index contributed by atoms with van der Waals surface area (Å²) in [4.78, 5) is 24.3. The van der Waals surface area contributed by atoms with Gasteiger partial charge in [0.1, 0.15) is 11.7 Å². The minimum absolute atomic E-state index is 0.0275. The van der Waals surface area contributed by atoms with Gasteiger partial charge in [-0.1, -0.05) is 20.8 Å². The Morgan fingerprint density at radius 2 is 2.15 bits per heavy atom. The smallest absolute Gasteiger partial charge is 0.372 e. The number of hydrogen-bond acceptors (Lipinski definition) is 4. The van der Waals surface area contributed by atoms with E-state index in [1.54, 1.807) is 29.1 Å². The fourth-order valence-electron chi connectivity index (χ4n) is 3.46. The monoisotopic (exact) mass is 363 g/mol. The molecule has 26 heavy (non-hydrogen) atoms. The van der Waals surface area contributed by atoms with Crippen LogP contribution in [-0.4, -0.2) is 36.2 Å². The number of hydrogen-bond donors (Lipinski definition) is 2. The summed E-state index contributed by atoms with van der Waals surface area (Å²) in [5.41, 5.74) is 0.444. The Kier molecular flexibility index (Phi) is 7.57. The van der Waals surface area contributed by atoms with Crippen LogP contribution < -0.4 is 9.88 Å². The Balaban J connectivity index is 1.93. The number of aliphatic hydroxyl groups excluding tert-OH is 1. The van der Waals surface area contributed by atoms with Crippen molar-refractivity contribution in [1.82, 2.24) is 5.32 Å². The van der Waals surface area contributed by atoms with E-state index in [4.69, 9.17) is 9.84 Å². The van der Waals surface area contributed by atoms with Gasteiger partial charge in [-0.2, -0.15) is 4.57 Å². The number of nitrogens with one attached hydrogen (secondary N) is 1. The number of esters is 1. The van der Waals surface area contributed by atoms with Gasteiger partial charge >= 0.3 is 5.97 Å². The van der Waals surface area contributed by atoms with Gasteiger partial charge in [0, 0.05) is 12.6 Å². The minimum atomic E-state index is -0.276. The van der Waals surface area contributed by atoms with Crippen molar-refractivity contribution < 1.29 is 24.0 Å². The van der Waals surface area contributed by atoms with Crippen LogP contribution in [0.5, 0.6) is 0 Å². The molecular weight excluding hydrogens is 332 g/mol. The highest BCUT2D eigenvalue weighted by molar-refractivity contribution is 5.93. The largest absolute Gasteiger partial charge is 0.457 e. The average Bonchev–Trinajstić information content (AvgIpc) is 2.61. The Bertz CT molecular complexity index is 618. The second-order valence-electron chi connectivity index (χ2n) is 7.57. The van der Waals surface area contributed by atoms with Gasteiger partial charge in [-0.15, -0.1) is 0 Å². The van der Waals surface area contributed by atoms with Crippen molar-refractivity contribution in [2.45, 2.75) is 52.7 Å². The first kappa shape index (κ1) is 20.4. The molecule has 1 aromatic rings. The molecule has 1 heterocycles. The summed E-state index contributed by atoms with van der Waals surface area (Å²) in [7, 11) is 0. The summed E-state index contributed by atoms with van der Waals surface area (Å²) in [6.07, 6.45) is 6.56. The van der Waals surface area contributed by atoms with Gasteiger partial charge in [-0.3, -0.25) is 4.79 Å². The van der Waals surface area contributed by atoms with E-state index in [2.05, 4.69) is 26.1 Å². The van der Waals surface area contributed by atoms with Gasteiger partial charge in [0.05, 0.1) is 6.61 Å². The zero-order valence-corrected chi connectivity index (χ0v) is 16.0. The number of amides is 1. The van der Waals surface area contributed by atoms with E-state index in [1.807, 2.05) is 0 Å². The van der Waals surface area contributed by atoms with Crippen LogP contribution in [0.1, 0.15) is 50.4 Å². The number of nitrogens with zero attached hydrogens (tertiary/aromatic N) is 1. The van der Waals surface area contributed by atoms with Crippen molar-refractivity contribution in [2.24, 2.45) is 17.8 Å². The third kappa shape index (κ3) is 5.80. The second kappa shape index (κ2) is 9.67. The SMILES string of the molecule is CC(C)[C@@H]1CC[C@H](C)[C@@H](OC(=O)C[n+]2cccc(C(=O)NCCO)c2)C1. The van der Waals surface area contributed by atoms with E-state index >= 15 is 0 Å². The maximum Gasteiger partial charge on any atom is 0.372 e. The molecule has 1 amide bonds. The van der Waals surface area contributed by atoms with Crippen LogP contribution in [0.3, 0.4) is 0 Å². The molecule has 1 aromatic heterocycles. The summed E-state index contributed by atoms with van der Waals surface area (Å²) >= 11 is 0. The number of rotatable bonds is 7. The molecule has 0 aromatic carbocycles. The van der Waals surface area contributed by atoms with E-state index in [1.165, 1.54) is 6.42 Å². The molecule has 2 rings (SSSR count). The van der Waals surface area contributed by atoms with Gasteiger partial charge in [0.15, 0.2) is 12.4 Å². The molecule has 0 saturated heterocycles. The lowest BCUT2D eigenvalue weighted by atomic mass is 9.76. The molecule has 1 saturated carbocycles. The molecule has 6 nitrogen and oxygen atoms in total. The number of aromatic nitrogens is 1. The molecule has 0 aliphatic heterocycles. The predicted octanol–water partition coefficient (Wildman–Crippen LogP) is 1.70. The van der Waals surface area contributed by atoms with Crippen LogP contribution in [0.4, 0.5) is 0 Å². The van der Waals surface area contributed by atoms with Gasteiger partial charge in [0.2, 0.25) is 6.54 Å². The van der Waals surface area contributed by atoms with Crippen molar-refractivity contribution in [3.05, 3.63) is 30.1 Å². The summed E-state index contributed by atoms with van der Waals surface area (Å²) < 4.78 is 7.42. The third-order valence-corrected chi connectivity index (χ3v) is 5.22. The number of carbonyl (C=O) groups excluding carboxylic acids is 2. The van der Waals surface area contributed by atoms with Crippen molar-refractivity contribution in [2.75, 3.05) is 13.2 Å². The van der Waals surface area contributed by atoms with Crippen molar-refractivity contribution in [3.63, 3.8) is 0 Å². The Hall–Kier alpha value is -1.95. The molecule has 2 N–H and O–H groups in total. The lowest BCUT2D eigenvalue weighted by Crippen LogP contribution is -2.42. The predicted molar refractivity (Wildman–Crippen MR) is 97.3 cm³/mol. The van der Waals surface area contributed by atoms with E-state index in [9.17, 15) is 9.59 Å². The Labute approximate surface area is 155 Å². The molecule has 6 heteroatoms. The van der Waals surface area contributed by atoms with Crippen LogP contribution in [0, 0.1) is 17.8 Å². The average molecular weight is 363 g/mol. The number of aliphatic hydroxyl groups is 1. The van der Waals surface area contributed by atoms with Crippen molar-refractivity contribution >= 4 is 11.9 Å². The highest BCUT2D eigenvalue weighted by atomic mass is 16.5. The van der Waals surface area contributed by atoms with E-state index in [-0.39, 0.29) is 37.7 Å². The summed E-state index contributed by atoms with van der Waals surface area (Å²) in [5.74, 6) is 1.04. The fraction of sp³-hybridized carbons (Fsp3) is 0.650. The van der Waals surface area contributed by atoms with Gasteiger partial charge in [-0.05, 0) is 43.1 Å². The zero-order valence-electron chi connectivity index (χ0n) is 16.0. The van der Waals surface area contributed by atoms with Gasteiger partial charge < -0.3 is 15.2 Å². The van der Waals surface area contributed by atoms with E-state index < -0.39 is 0 Å². The van der Waals surface area contributed by atoms with Crippen LogP contribution in [0.15, 0.2) is 24.5 Å². The molecular formula is C20H31N2O4+. The molecule has 0 bridgehead atoms. The fourth-order valence-corrected chi connectivity index (χ4v) is 3.46. The highest BCUT2D eigenvalue weighted by Crippen LogP contribution is 2.34. The lowest BCUT2D eigenvalue weighted by Gasteiger charge is -2.35. The van der Waals surface area contributed by atoms with E-state index in [0.29, 0.717) is 23.3 Å². The standard InChI is InChI=1S/C20H30N2O4/c1-14(2)16-7-6-15(3)18(11-16)26-19(24)13-22-9-4-5-17(12-22)20(25)21-8-10-23/h4-5,9,12,14-16,18,23H,6-8,10-11,13H2,1-3H3/p+1/t15-,16+,18-/m0/s1. The lowest BCUT2D eigenvalue weighted by molar-refractivity contribution is -0.686. The maximum atomic E-state index is 12.4. The van der Waals surface area contributed by atoms with Gasteiger partial charge in [-0.25, -0.2) is 4.79 Å². The Morgan fingerprint density at radius 1 is 1.38 bits per heavy atom. The number of pyridine rings is 1. The summed E-state index contributed by atoms with van der Waals surface area (Å²) in [6, 6.07) is 3.39. The Morgan fingerprint density at radius 3 is 2.85 bits per heavy atom. The quantitative estimate of drug-likeness (QED) is 0.571. The highest BCUT2D eigenvalue weighted by Gasteiger charge is 2.32. The van der Waals surface area contributed by atoms with Crippen LogP contribution >= 0.6 is 0 Å². The number of carbonyl (C=O) groups is 2. The van der Waals surface area contributed by atoms with Crippen LogP contribution in [0.25, 0.3) is 0 Å². The summed E-state index contributed by atoms with van der Waals surface area (Å²) in [5, 5.41) is 11.4. The second-order valence-corrected chi connectivity index (χ2v) is 7.57. The molecule has 1 aliphatic carbocycles. The molecule has 0 spiro atoms. The van der Waals surface area contributed by atoms with E-state index in [0.717, 1.165) is 12.8 Å². The molecule has 0 unspecified atom stereocenters. The molecule has 0 radical (unpaired) electrons. The molecule has 144 valence electrons. The minimum Gasteiger partial charge on any atom is -0.457 e. The summed E-state index contributed by atoms with van der Waals surface area (Å²) in [6.45, 7) is 6.77. The normalized spacial score (nSPS) is 22.9.